The second-order valence-corrected chi connectivity index (χ2v) is 2.58. The third-order valence-corrected chi connectivity index (χ3v) is 1.46. The molecule has 0 aromatic heterocycles. The maximum absolute atomic E-state index is 2.93. The van der Waals surface area contributed by atoms with Crippen LogP contribution in [0.25, 0.3) is 0 Å². The van der Waals surface area contributed by atoms with Gasteiger partial charge in [0, 0.05) is 0 Å². The van der Waals surface area contributed by atoms with Gasteiger partial charge in [0.05, 0.1) is 0 Å². The molecule has 1 heteroatoms. The number of hydrogen-bond donors (Lipinski definition) is 0. The van der Waals surface area contributed by atoms with Crippen molar-refractivity contribution in [3.05, 3.63) is 30.3 Å². The Morgan fingerprint density at radius 3 is 2.14 bits per heavy atom. The standard InChI is InChI=1S/C6H4.Ir/c1-2-4-6-5-3-1;/h1-2,5-6H;. The Bertz CT molecular complexity index is 134. The topological polar surface area (TPSA) is 0 Å². The van der Waals surface area contributed by atoms with Crippen LogP contribution in [0.5, 0.6) is 0 Å². The van der Waals surface area contributed by atoms with Crippen molar-refractivity contribution in [2.45, 2.75) is 0 Å². The summed E-state index contributed by atoms with van der Waals surface area (Å²) >= 11 is 2.06. The molecule has 0 spiro atoms. The summed E-state index contributed by atoms with van der Waals surface area (Å²) in [5, 5.41) is 0. The van der Waals surface area contributed by atoms with Crippen molar-refractivity contribution < 1.29 is 18.9 Å². The Balaban J connectivity index is 3.02. The van der Waals surface area contributed by atoms with Crippen molar-refractivity contribution in [1.29, 1.82) is 0 Å². The second-order valence-electron chi connectivity index (χ2n) is 1.19. The van der Waals surface area contributed by atoms with Crippen molar-refractivity contribution in [2.24, 2.45) is 0 Å². The summed E-state index contributed by atoms with van der Waals surface area (Å²) in [6, 6.07) is 10.8. The molecule has 0 atom stereocenters. The van der Waals surface area contributed by atoms with Crippen molar-refractivity contribution in [3.63, 3.8) is 0 Å². The number of hydrogen-bond acceptors (Lipinski definition) is 0. The molecule has 0 N–H and O–H groups in total. The van der Waals surface area contributed by atoms with Gasteiger partial charge in [-0.3, -0.25) is 0 Å². The van der Waals surface area contributed by atoms with E-state index in [-0.39, 0.29) is 0 Å². The molecule has 0 aliphatic rings. The van der Waals surface area contributed by atoms with Crippen molar-refractivity contribution in [3.8, 4) is 0 Å². The van der Waals surface area contributed by atoms with E-state index in [1.807, 2.05) is 24.3 Å². The van der Waals surface area contributed by atoms with E-state index in [1.54, 1.807) is 0 Å². The molecule has 0 saturated carbocycles. The summed E-state index contributed by atoms with van der Waals surface area (Å²) in [5.41, 5.74) is 0. The van der Waals surface area contributed by atoms with E-state index in [2.05, 4.69) is 25.0 Å². The quantitative estimate of drug-likeness (QED) is 0.648. The molecular weight excluding hydrogens is 264 g/mol. The van der Waals surface area contributed by atoms with Gasteiger partial charge in [-0.1, -0.05) is 0 Å². The van der Waals surface area contributed by atoms with Gasteiger partial charge in [-0.05, 0) is 0 Å². The first-order valence-corrected chi connectivity index (χ1v) is 3.19. The molecule has 0 aliphatic carbocycles. The van der Waals surface area contributed by atoms with E-state index in [0.717, 1.165) is 0 Å². The second kappa shape index (κ2) is 2.25. The molecule has 0 unspecified atom stereocenters. The van der Waals surface area contributed by atoms with E-state index in [1.165, 1.54) is 4.08 Å². The normalized spacial score (nSPS) is 8.86. The predicted octanol–water partition coefficient (Wildman–Crippen LogP) is 0.659. The Labute approximate surface area is 53.7 Å². The van der Waals surface area contributed by atoms with Gasteiger partial charge in [-0.25, -0.2) is 0 Å². The summed E-state index contributed by atoms with van der Waals surface area (Å²) < 4.78 is 1.29. The van der Waals surface area contributed by atoms with Crippen LogP contribution >= 0.6 is 0 Å². The molecular formula is C6H4Ir. The fourth-order valence-corrected chi connectivity index (χ4v) is 0.758. The molecule has 0 amide bonds. The molecule has 0 heterocycles. The Kier molecular flexibility index (Phi) is 1.61. The van der Waals surface area contributed by atoms with Gasteiger partial charge in [-0.2, -0.15) is 0 Å². The van der Waals surface area contributed by atoms with E-state index < -0.39 is 0 Å². The van der Waals surface area contributed by atoms with Crippen molar-refractivity contribution >= 4 is 4.08 Å². The summed E-state index contributed by atoms with van der Waals surface area (Å²) in [6.45, 7) is 0. The Morgan fingerprint density at radius 1 is 1.29 bits per heavy atom. The predicted molar refractivity (Wildman–Crippen MR) is 24.9 cm³/mol. The van der Waals surface area contributed by atoms with Crippen LogP contribution in [-0.4, -0.2) is 0 Å². The third kappa shape index (κ3) is 1.42. The van der Waals surface area contributed by atoms with E-state index >= 15 is 0 Å². The molecule has 7 heavy (non-hydrogen) atoms. The zero-order valence-corrected chi connectivity index (χ0v) is 6.04. The maximum atomic E-state index is 2.93. The first-order valence-electron chi connectivity index (χ1n) is 1.99. The molecule has 1 aromatic rings. The van der Waals surface area contributed by atoms with Crippen LogP contribution in [0, 0.1) is 6.07 Å². The van der Waals surface area contributed by atoms with Crippen LogP contribution in [0.15, 0.2) is 24.3 Å². The average molecular weight is 268 g/mol. The van der Waals surface area contributed by atoms with Crippen LogP contribution in [0.4, 0.5) is 0 Å². The summed E-state index contributed by atoms with van der Waals surface area (Å²) in [7, 11) is 0. The van der Waals surface area contributed by atoms with Crippen LogP contribution < -0.4 is 4.08 Å². The molecule has 37 valence electrons. The monoisotopic (exact) mass is 269 g/mol. The van der Waals surface area contributed by atoms with Crippen molar-refractivity contribution in [1.82, 2.24) is 0 Å². The van der Waals surface area contributed by atoms with Crippen LogP contribution in [0.2, 0.25) is 0 Å². The van der Waals surface area contributed by atoms with Gasteiger partial charge in [0.2, 0.25) is 0 Å². The zero-order valence-electron chi connectivity index (χ0n) is 3.64. The minimum absolute atomic E-state index is 1.29. The van der Waals surface area contributed by atoms with Gasteiger partial charge in [0.25, 0.3) is 0 Å². The summed E-state index contributed by atoms with van der Waals surface area (Å²) in [6.07, 6.45) is 0. The molecule has 0 saturated heterocycles. The molecule has 0 bridgehead atoms. The third-order valence-electron chi connectivity index (χ3n) is 0.663. The fourth-order valence-electron chi connectivity index (χ4n) is 0.359. The number of rotatable bonds is 0. The molecule has 1 radical (unpaired) electrons. The average Bonchev–Trinajstić information content (AvgIpc) is 1.69. The molecule has 0 aliphatic heterocycles. The van der Waals surface area contributed by atoms with Crippen molar-refractivity contribution in [2.75, 3.05) is 0 Å². The number of benzene rings is 1. The van der Waals surface area contributed by atoms with Gasteiger partial charge in [0.1, 0.15) is 0 Å². The SMILES string of the molecule is [Ir][c]1cc[c]cc1. The molecule has 1 rings (SSSR count). The van der Waals surface area contributed by atoms with Gasteiger partial charge < -0.3 is 0 Å². The van der Waals surface area contributed by atoms with Crippen LogP contribution in [-0.2, 0) is 18.9 Å². The van der Waals surface area contributed by atoms with Crippen LogP contribution in [0.1, 0.15) is 0 Å². The van der Waals surface area contributed by atoms with E-state index in [4.69, 9.17) is 0 Å². The summed E-state index contributed by atoms with van der Waals surface area (Å²) in [4.78, 5) is 0. The molecule has 0 fully saturated rings. The van der Waals surface area contributed by atoms with E-state index in [9.17, 15) is 0 Å². The van der Waals surface area contributed by atoms with Gasteiger partial charge in [0.15, 0.2) is 0 Å². The zero-order chi connectivity index (χ0) is 5.11. The Morgan fingerprint density at radius 2 is 1.86 bits per heavy atom. The minimum atomic E-state index is 1.29. The van der Waals surface area contributed by atoms with Gasteiger partial charge in [-0.15, -0.1) is 0 Å². The van der Waals surface area contributed by atoms with Gasteiger partial charge >= 0.3 is 53.3 Å². The molecule has 0 nitrogen and oxygen atoms in total. The summed E-state index contributed by atoms with van der Waals surface area (Å²) in [5.74, 6) is 0. The first-order chi connectivity index (χ1) is 3.39. The fraction of sp³-hybridized carbons (Fsp3) is 0. The van der Waals surface area contributed by atoms with E-state index in [0.29, 0.717) is 0 Å². The van der Waals surface area contributed by atoms with Crippen LogP contribution in [0.3, 0.4) is 0 Å². The first kappa shape index (κ1) is 5.01. The molecule has 1 aromatic carbocycles. The Hall–Kier alpha value is -0.131.